The maximum Gasteiger partial charge on any atom is 0.459 e. The van der Waals surface area contributed by atoms with E-state index >= 15 is 0 Å². The molecule has 1 aliphatic heterocycles. The number of para-hydroxylation sites is 1. The molecule has 38 heavy (non-hydrogen) atoms. The van der Waals surface area contributed by atoms with Crippen molar-refractivity contribution in [2.24, 2.45) is 5.92 Å². The van der Waals surface area contributed by atoms with Crippen molar-refractivity contribution in [2.75, 3.05) is 13.2 Å². The molecule has 210 valence electrons. The molecule has 15 heteroatoms. The summed E-state index contributed by atoms with van der Waals surface area (Å²) in [5, 5.41) is 27.0. The van der Waals surface area contributed by atoms with Crippen molar-refractivity contribution in [3.63, 3.8) is 0 Å². The molecule has 0 saturated carbocycles. The number of hydrogen-bond donors (Lipinski definition) is 4. The maximum absolute atomic E-state index is 13.7. The molecule has 4 N–H and O–H groups in total. The Morgan fingerprint density at radius 3 is 2.53 bits per heavy atom. The predicted molar refractivity (Wildman–Crippen MR) is 133 cm³/mol. The predicted octanol–water partition coefficient (Wildman–Crippen LogP) is 0.712. The number of aliphatic hydroxyl groups is 2. The van der Waals surface area contributed by atoms with E-state index < -0.39 is 62.2 Å². The van der Waals surface area contributed by atoms with E-state index in [1.165, 1.54) is 19.1 Å². The number of esters is 1. The van der Waals surface area contributed by atoms with Crippen LogP contribution < -0.4 is 20.9 Å². The second-order valence-electron chi connectivity index (χ2n) is 8.79. The van der Waals surface area contributed by atoms with Crippen molar-refractivity contribution in [3.8, 4) is 5.75 Å². The lowest BCUT2D eigenvalue weighted by Crippen LogP contribution is -2.39. The summed E-state index contributed by atoms with van der Waals surface area (Å²) in [6, 6.07) is 6.99. The fourth-order valence-electron chi connectivity index (χ4n) is 3.63. The van der Waals surface area contributed by atoms with E-state index in [-0.39, 0.29) is 18.3 Å². The average Bonchev–Trinajstić information content (AvgIpc) is 3.17. The lowest BCUT2D eigenvalue weighted by Gasteiger charge is -2.25. The summed E-state index contributed by atoms with van der Waals surface area (Å²) < 4.78 is 36.3. The number of benzene rings is 1. The molecule has 0 bridgehead atoms. The van der Waals surface area contributed by atoms with Gasteiger partial charge in [0.15, 0.2) is 6.23 Å². The molecule has 1 aromatic carbocycles. The van der Waals surface area contributed by atoms with Gasteiger partial charge in [-0.3, -0.25) is 19.1 Å². The molecule has 0 radical (unpaired) electrons. The number of nitrogens with zero attached hydrogens (tertiary/aromatic N) is 2. The monoisotopic (exact) mass is 556 g/mol. The van der Waals surface area contributed by atoms with Gasteiger partial charge >= 0.3 is 19.4 Å². The molecule has 14 nitrogen and oxygen atoms in total. The van der Waals surface area contributed by atoms with Crippen LogP contribution in [0.5, 0.6) is 5.75 Å². The van der Waals surface area contributed by atoms with Gasteiger partial charge in [0.25, 0.3) is 5.56 Å². The van der Waals surface area contributed by atoms with E-state index in [1.54, 1.807) is 18.2 Å². The Labute approximate surface area is 218 Å². The van der Waals surface area contributed by atoms with Crippen molar-refractivity contribution >= 4 is 13.7 Å². The van der Waals surface area contributed by atoms with Gasteiger partial charge in [-0.15, -0.1) is 0 Å². The van der Waals surface area contributed by atoms with Crippen molar-refractivity contribution in [1.29, 1.82) is 0 Å². The van der Waals surface area contributed by atoms with Crippen molar-refractivity contribution in [2.45, 2.75) is 64.2 Å². The summed E-state index contributed by atoms with van der Waals surface area (Å²) in [5.74, 6) is -0.288. The highest BCUT2D eigenvalue weighted by atomic mass is 31.2. The van der Waals surface area contributed by atoms with E-state index in [4.69, 9.17) is 18.5 Å². The highest BCUT2D eigenvalue weighted by molar-refractivity contribution is 7.52. The number of rotatable bonds is 13. The number of ether oxygens (including phenoxy) is 2. The van der Waals surface area contributed by atoms with Gasteiger partial charge in [-0.25, -0.2) is 9.36 Å². The number of carbonyl (C=O) groups excluding carboxylic acids is 1. The van der Waals surface area contributed by atoms with Crippen LogP contribution >= 0.6 is 7.75 Å². The van der Waals surface area contributed by atoms with Gasteiger partial charge < -0.3 is 24.2 Å². The third-order valence-electron chi connectivity index (χ3n) is 6.01. The largest absolute Gasteiger partial charge is 0.464 e. The average molecular weight is 557 g/mol. The first-order valence-corrected chi connectivity index (χ1v) is 13.7. The summed E-state index contributed by atoms with van der Waals surface area (Å²) in [6.07, 6.45) is -3.45. The smallest absolute Gasteiger partial charge is 0.459 e. The van der Waals surface area contributed by atoms with E-state index in [2.05, 4.69) is 10.2 Å². The highest BCUT2D eigenvalue weighted by Crippen LogP contribution is 2.46. The number of aromatic amines is 1. The fraction of sp³-hybridized carbons (Fsp3) is 0.565. The molecule has 2 heterocycles. The van der Waals surface area contributed by atoms with Gasteiger partial charge in [0, 0.05) is 0 Å². The standard InChI is InChI=1S/C23H33N4O10P/c1-4-15(5-2)12-34-22(31)14(3)26-38(33,37-16-9-7-6-8-10-16)35-13-17-19(29)20(30)21(36-17)27-23(32)25-18(28)11-24-27/h6-11,14-15,17,19-21,29-30H,4-5,12-13H2,1-3H3,(H,26,33)(H,25,28,32)/t14-,17+,19?,20-,21+,38?/m0/s1. The first kappa shape index (κ1) is 29.7. The van der Waals surface area contributed by atoms with Crippen LogP contribution in [0.15, 0.2) is 46.1 Å². The minimum absolute atomic E-state index is 0.177. The van der Waals surface area contributed by atoms with Crippen LogP contribution in [0, 0.1) is 5.92 Å². The van der Waals surface area contributed by atoms with Gasteiger partial charge in [-0.2, -0.15) is 14.9 Å². The molecule has 6 atom stereocenters. The summed E-state index contributed by atoms with van der Waals surface area (Å²) in [4.78, 5) is 37.8. The summed E-state index contributed by atoms with van der Waals surface area (Å²) in [6.45, 7) is 5.06. The van der Waals surface area contributed by atoms with Crippen molar-refractivity contribution < 1.29 is 38.1 Å². The van der Waals surface area contributed by atoms with Crippen LogP contribution in [0.4, 0.5) is 0 Å². The number of hydrogen-bond acceptors (Lipinski definition) is 11. The second kappa shape index (κ2) is 13.3. The zero-order valence-corrected chi connectivity index (χ0v) is 22.2. The summed E-state index contributed by atoms with van der Waals surface area (Å²) in [7, 11) is -4.27. The number of nitrogens with one attached hydrogen (secondary N) is 2. The number of carbonyl (C=O) groups is 1. The molecular weight excluding hydrogens is 523 g/mol. The molecule has 0 amide bonds. The SMILES string of the molecule is CCC(CC)COC(=O)[C@H](C)NP(=O)(OC[C@H]1O[C@@H](n2ncc(=O)[nH]c2=O)[C@@H](O)C1O)Oc1ccccc1. The Kier molecular flexibility index (Phi) is 10.4. The van der Waals surface area contributed by atoms with Gasteiger partial charge in [-0.1, -0.05) is 44.9 Å². The topological polar surface area (TPSA) is 191 Å². The van der Waals surface area contributed by atoms with Crippen LogP contribution in [0.1, 0.15) is 39.8 Å². The van der Waals surface area contributed by atoms with E-state index in [0.717, 1.165) is 19.0 Å². The van der Waals surface area contributed by atoms with Gasteiger partial charge in [0.2, 0.25) is 0 Å². The Balaban J connectivity index is 1.72. The van der Waals surface area contributed by atoms with Gasteiger partial charge in [-0.05, 0) is 25.0 Å². The Hall–Kier alpha value is -2.87. The maximum atomic E-state index is 13.7. The minimum atomic E-state index is -4.27. The Morgan fingerprint density at radius 2 is 1.89 bits per heavy atom. The highest BCUT2D eigenvalue weighted by Gasteiger charge is 2.46. The summed E-state index contributed by atoms with van der Waals surface area (Å²) >= 11 is 0. The van der Waals surface area contributed by atoms with E-state index in [0.29, 0.717) is 4.68 Å². The Morgan fingerprint density at radius 1 is 1.21 bits per heavy atom. The molecular formula is C23H33N4O10P. The molecule has 1 aromatic heterocycles. The molecule has 2 unspecified atom stereocenters. The molecule has 0 aliphatic carbocycles. The third kappa shape index (κ3) is 7.59. The quantitative estimate of drug-likeness (QED) is 0.200. The minimum Gasteiger partial charge on any atom is -0.464 e. The number of H-pyrrole nitrogens is 1. The fourth-order valence-corrected chi connectivity index (χ4v) is 5.14. The molecule has 1 fully saturated rings. The molecule has 2 aromatic rings. The van der Waals surface area contributed by atoms with Crippen molar-refractivity contribution in [3.05, 3.63) is 57.4 Å². The molecule has 1 aliphatic rings. The van der Waals surface area contributed by atoms with Crippen LogP contribution in [-0.2, 0) is 23.4 Å². The Bertz CT molecular complexity index is 1220. The van der Waals surface area contributed by atoms with E-state index in [1.807, 2.05) is 18.8 Å². The third-order valence-corrected chi connectivity index (χ3v) is 7.66. The lowest BCUT2D eigenvalue weighted by atomic mass is 10.1. The number of aliphatic hydroxyl groups excluding tert-OH is 2. The second-order valence-corrected chi connectivity index (χ2v) is 10.5. The van der Waals surface area contributed by atoms with E-state index in [9.17, 15) is 29.2 Å². The zero-order chi connectivity index (χ0) is 27.9. The molecule has 3 rings (SSSR count). The lowest BCUT2D eigenvalue weighted by molar-refractivity contribution is -0.146. The van der Waals surface area contributed by atoms with Gasteiger partial charge in [0.05, 0.1) is 13.2 Å². The first-order chi connectivity index (χ1) is 18.1. The van der Waals surface area contributed by atoms with Crippen LogP contribution in [0.25, 0.3) is 0 Å². The molecule has 1 saturated heterocycles. The van der Waals surface area contributed by atoms with Crippen LogP contribution in [-0.4, -0.2) is 68.5 Å². The van der Waals surface area contributed by atoms with Crippen LogP contribution in [0.3, 0.4) is 0 Å². The summed E-state index contributed by atoms with van der Waals surface area (Å²) in [5.41, 5.74) is -1.72. The normalized spacial score (nSPS) is 23.6. The number of aromatic nitrogens is 3. The van der Waals surface area contributed by atoms with Gasteiger partial charge in [0.1, 0.15) is 36.3 Å². The molecule has 0 spiro atoms. The van der Waals surface area contributed by atoms with Crippen LogP contribution in [0.2, 0.25) is 0 Å². The zero-order valence-electron chi connectivity index (χ0n) is 21.3. The van der Waals surface area contributed by atoms with Crippen molar-refractivity contribution in [1.82, 2.24) is 19.9 Å². The first-order valence-electron chi connectivity index (χ1n) is 12.2.